The fraction of sp³-hybridized carbons (Fsp3) is 0.833. The van der Waals surface area contributed by atoms with Crippen molar-refractivity contribution in [2.45, 2.75) is 46.3 Å². The van der Waals surface area contributed by atoms with Gasteiger partial charge in [0.25, 0.3) is 0 Å². The number of aliphatic carboxylic acids is 1. The standard InChI is InChI=1S/C12H21NO4/c1-7-5-8(6-17-7)10(14)13-9(11(15)16)12(2,3)4/h7-9H,5-6H2,1-4H3,(H,13,14)(H,15,16). The lowest BCUT2D eigenvalue weighted by Gasteiger charge is -2.28. The van der Waals surface area contributed by atoms with Gasteiger partial charge in [-0.15, -0.1) is 0 Å². The van der Waals surface area contributed by atoms with Crippen molar-refractivity contribution in [3.05, 3.63) is 0 Å². The van der Waals surface area contributed by atoms with E-state index in [0.717, 1.165) is 0 Å². The van der Waals surface area contributed by atoms with Gasteiger partial charge in [0.15, 0.2) is 0 Å². The maximum Gasteiger partial charge on any atom is 0.326 e. The van der Waals surface area contributed by atoms with Crippen LogP contribution in [0.4, 0.5) is 0 Å². The van der Waals surface area contributed by atoms with Crippen LogP contribution in [0.15, 0.2) is 0 Å². The number of hydrogen-bond acceptors (Lipinski definition) is 3. The van der Waals surface area contributed by atoms with E-state index in [1.807, 2.05) is 6.92 Å². The van der Waals surface area contributed by atoms with Gasteiger partial charge in [-0.05, 0) is 18.8 Å². The molecule has 3 atom stereocenters. The van der Waals surface area contributed by atoms with Crippen LogP contribution in [-0.2, 0) is 14.3 Å². The molecule has 98 valence electrons. The Balaban J connectivity index is 2.62. The van der Waals surface area contributed by atoms with Crippen molar-refractivity contribution in [2.24, 2.45) is 11.3 Å². The third-order valence-corrected chi connectivity index (χ3v) is 2.97. The van der Waals surface area contributed by atoms with E-state index in [2.05, 4.69) is 5.32 Å². The van der Waals surface area contributed by atoms with Crippen molar-refractivity contribution in [2.75, 3.05) is 6.61 Å². The van der Waals surface area contributed by atoms with Crippen LogP contribution in [0.3, 0.4) is 0 Å². The molecule has 3 unspecified atom stereocenters. The minimum Gasteiger partial charge on any atom is -0.480 e. The number of carbonyl (C=O) groups is 2. The van der Waals surface area contributed by atoms with Crippen LogP contribution < -0.4 is 5.32 Å². The molecule has 0 bridgehead atoms. The summed E-state index contributed by atoms with van der Waals surface area (Å²) in [5, 5.41) is 11.7. The van der Waals surface area contributed by atoms with E-state index in [-0.39, 0.29) is 17.9 Å². The maximum absolute atomic E-state index is 11.9. The molecule has 1 rings (SSSR count). The summed E-state index contributed by atoms with van der Waals surface area (Å²) < 4.78 is 5.31. The molecule has 1 fully saturated rings. The lowest BCUT2D eigenvalue weighted by atomic mass is 9.86. The van der Waals surface area contributed by atoms with Crippen molar-refractivity contribution in [3.8, 4) is 0 Å². The Morgan fingerprint density at radius 1 is 1.41 bits per heavy atom. The number of carboxylic acids is 1. The fourth-order valence-corrected chi connectivity index (χ4v) is 1.91. The molecule has 5 heteroatoms. The lowest BCUT2D eigenvalue weighted by molar-refractivity contribution is -0.145. The smallest absolute Gasteiger partial charge is 0.326 e. The first-order valence-electron chi connectivity index (χ1n) is 5.86. The Bertz CT molecular complexity index is 308. The fourth-order valence-electron chi connectivity index (χ4n) is 1.91. The molecule has 1 aliphatic heterocycles. The van der Waals surface area contributed by atoms with Crippen LogP contribution in [0, 0.1) is 11.3 Å². The molecular formula is C12H21NO4. The van der Waals surface area contributed by atoms with E-state index >= 15 is 0 Å². The molecule has 0 aliphatic carbocycles. The first kappa shape index (κ1) is 14.0. The number of amides is 1. The normalized spacial score (nSPS) is 26.6. The Kier molecular flexibility index (Phi) is 4.14. The van der Waals surface area contributed by atoms with Crippen LogP contribution >= 0.6 is 0 Å². The molecule has 17 heavy (non-hydrogen) atoms. The highest BCUT2D eigenvalue weighted by molar-refractivity contribution is 5.85. The second-order valence-corrected chi connectivity index (χ2v) is 5.72. The molecule has 0 saturated carbocycles. The molecule has 1 aliphatic rings. The summed E-state index contributed by atoms with van der Waals surface area (Å²) in [7, 11) is 0. The average Bonchev–Trinajstić information content (AvgIpc) is 2.58. The first-order valence-corrected chi connectivity index (χ1v) is 5.86. The van der Waals surface area contributed by atoms with Gasteiger partial charge in [-0.3, -0.25) is 4.79 Å². The zero-order valence-electron chi connectivity index (χ0n) is 10.8. The number of carboxylic acid groups (broad SMARTS) is 1. The zero-order valence-corrected chi connectivity index (χ0v) is 10.8. The third kappa shape index (κ3) is 3.70. The first-order chi connectivity index (χ1) is 7.71. The van der Waals surface area contributed by atoms with E-state index < -0.39 is 17.4 Å². The quantitative estimate of drug-likeness (QED) is 0.776. The number of rotatable bonds is 3. The molecule has 0 aromatic rings. The molecule has 1 saturated heterocycles. The van der Waals surface area contributed by atoms with Crippen LogP contribution in [-0.4, -0.2) is 35.7 Å². The van der Waals surface area contributed by atoms with Crippen molar-refractivity contribution in [1.29, 1.82) is 0 Å². The summed E-state index contributed by atoms with van der Waals surface area (Å²) in [5.74, 6) is -1.45. The van der Waals surface area contributed by atoms with Gasteiger partial charge in [-0.2, -0.15) is 0 Å². The SMILES string of the molecule is CC1CC(C(=O)NC(C(=O)O)C(C)(C)C)CO1. The van der Waals surface area contributed by atoms with Gasteiger partial charge in [0.1, 0.15) is 6.04 Å². The van der Waals surface area contributed by atoms with Crippen molar-refractivity contribution < 1.29 is 19.4 Å². The number of hydrogen-bond donors (Lipinski definition) is 2. The van der Waals surface area contributed by atoms with Gasteiger partial charge in [0.05, 0.1) is 18.6 Å². The van der Waals surface area contributed by atoms with Gasteiger partial charge >= 0.3 is 5.97 Å². The van der Waals surface area contributed by atoms with Crippen LogP contribution in [0.1, 0.15) is 34.1 Å². The van der Waals surface area contributed by atoms with Crippen molar-refractivity contribution in [3.63, 3.8) is 0 Å². The Labute approximate surface area is 102 Å². The van der Waals surface area contributed by atoms with Gasteiger partial charge in [-0.1, -0.05) is 20.8 Å². The summed E-state index contributed by atoms with van der Waals surface area (Å²) >= 11 is 0. The van der Waals surface area contributed by atoms with Crippen molar-refractivity contribution in [1.82, 2.24) is 5.32 Å². The summed E-state index contributed by atoms with van der Waals surface area (Å²) in [6, 6.07) is -0.870. The van der Waals surface area contributed by atoms with Crippen molar-refractivity contribution >= 4 is 11.9 Å². The molecule has 5 nitrogen and oxygen atoms in total. The van der Waals surface area contributed by atoms with E-state index in [0.29, 0.717) is 13.0 Å². The van der Waals surface area contributed by atoms with Crippen LogP contribution in [0.2, 0.25) is 0 Å². The molecule has 0 spiro atoms. The van der Waals surface area contributed by atoms with E-state index in [4.69, 9.17) is 9.84 Å². The molecule has 0 radical (unpaired) electrons. The number of ether oxygens (including phenoxy) is 1. The predicted molar refractivity (Wildman–Crippen MR) is 62.5 cm³/mol. The molecule has 1 amide bonds. The van der Waals surface area contributed by atoms with Crippen LogP contribution in [0.25, 0.3) is 0 Å². The topological polar surface area (TPSA) is 75.6 Å². The Hall–Kier alpha value is -1.10. The Morgan fingerprint density at radius 3 is 2.35 bits per heavy atom. The summed E-state index contributed by atoms with van der Waals surface area (Å²) in [5.41, 5.74) is -0.507. The molecule has 0 aromatic carbocycles. The van der Waals surface area contributed by atoms with Gasteiger partial charge in [-0.25, -0.2) is 4.79 Å². The molecule has 1 heterocycles. The second-order valence-electron chi connectivity index (χ2n) is 5.72. The summed E-state index contributed by atoms with van der Waals surface area (Å²) in [6.07, 6.45) is 0.728. The van der Waals surface area contributed by atoms with Gasteiger partial charge in [0, 0.05) is 0 Å². The number of nitrogens with one attached hydrogen (secondary N) is 1. The molecule has 2 N–H and O–H groups in total. The Morgan fingerprint density at radius 2 is 2.00 bits per heavy atom. The molecule has 0 aromatic heterocycles. The largest absolute Gasteiger partial charge is 0.480 e. The lowest BCUT2D eigenvalue weighted by Crippen LogP contribution is -2.50. The highest BCUT2D eigenvalue weighted by atomic mass is 16.5. The third-order valence-electron chi connectivity index (χ3n) is 2.97. The monoisotopic (exact) mass is 243 g/mol. The highest BCUT2D eigenvalue weighted by Gasteiger charge is 2.36. The minimum atomic E-state index is -1.00. The minimum absolute atomic E-state index is 0.0728. The van der Waals surface area contributed by atoms with E-state index in [9.17, 15) is 9.59 Å². The maximum atomic E-state index is 11.9. The highest BCUT2D eigenvalue weighted by Crippen LogP contribution is 2.23. The van der Waals surface area contributed by atoms with Gasteiger partial charge < -0.3 is 15.2 Å². The zero-order chi connectivity index (χ0) is 13.2. The average molecular weight is 243 g/mol. The summed E-state index contributed by atoms with van der Waals surface area (Å²) in [6.45, 7) is 7.66. The van der Waals surface area contributed by atoms with Crippen LogP contribution in [0.5, 0.6) is 0 Å². The van der Waals surface area contributed by atoms with Gasteiger partial charge in [0.2, 0.25) is 5.91 Å². The van der Waals surface area contributed by atoms with E-state index in [1.54, 1.807) is 20.8 Å². The summed E-state index contributed by atoms with van der Waals surface area (Å²) in [4.78, 5) is 23.0. The number of carbonyl (C=O) groups excluding carboxylic acids is 1. The predicted octanol–water partition coefficient (Wildman–Crippen LogP) is 1.03. The molecular weight excluding hydrogens is 222 g/mol. The van der Waals surface area contributed by atoms with E-state index in [1.165, 1.54) is 0 Å². The second kappa shape index (κ2) is 5.04.